The number of likely N-dealkylation sites (tertiary alicyclic amines) is 1. The highest BCUT2D eigenvalue weighted by Crippen LogP contribution is 2.36. The lowest BCUT2D eigenvalue weighted by molar-refractivity contribution is -0.144. The smallest absolute Gasteiger partial charge is 0.302 e. The molecule has 174 valence electrons. The average molecular weight is 534 g/mol. The summed E-state index contributed by atoms with van der Waals surface area (Å²) in [5.41, 5.74) is 2.63. The fourth-order valence-corrected chi connectivity index (χ4v) is 4.57. The highest BCUT2D eigenvalue weighted by Gasteiger charge is 2.31. The van der Waals surface area contributed by atoms with Gasteiger partial charge in [0.15, 0.2) is 0 Å². The molecule has 0 radical (unpaired) electrons. The molecule has 1 aliphatic rings. The van der Waals surface area contributed by atoms with Crippen LogP contribution in [0, 0.1) is 0 Å². The van der Waals surface area contributed by atoms with E-state index < -0.39 is 0 Å². The van der Waals surface area contributed by atoms with Crippen LogP contribution < -0.4 is 5.32 Å². The van der Waals surface area contributed by atoms with E-state index in [0.29, 0.717) is 37.4 Å². The number of ether oxygens (including phenoxy) is 1. The maximum atomic E-state index is 12.3. The van der Waals surface area contributed by atoms with Gasteiger partial charge in [-0.05, 0) is 42.2 Å². The van der Waals surface area contributed by atoms with Crippen LogP contribution in [0.5, 0.6) is 0 Å². The lowest BCUT2D eigenvalue weighted by Gasteiger charge is -2.24. The first-order chi connectivity index (χ1) is 15.9. The predicted molar refractivity (Wildman–Crippen MR) is 133 cm³/mol. The molecule has 0 unspecified atom stereocenters. The van der Waals surface area contributed by atoms with Crippen molar-refractivity contribution in [2.45, 2.75) is 32.2 Å². The molecule has 0 spiro atoms. The van der Waals surface area contributed by atoms with Gasteiger partial charge >= 0.3 is 5.97 Å². The van der Waals surface area contributed by atoms with E-state index >= 15 is 0 Å². The predicted octanol–water partition coefficient (Wildman–Crippen LogP) is 4.84. The standard InChI is InChI=1S/C25H26BrClN2O4/c1-17(30)33-16-19-11-13-24(32)29(19)15-5-14-28-23(31)12-10-18-6-4-9-22(27)25(18)20-7-2-3-8-21(20)26/h2-4,6-10,12,19H,5,11,13-16H2,1H3,(H,28,31)/b12-10+/t19-/m0/s1. The number of rotatable bonds is 9. The maximum Gasteiger partial charge on any atom is 0.302 e. The first kappa shape index (κ1) is 25.0. The van der Waals surface area contributed by atoms with Gasteiger partial charge in [0.05, 0.1) is 6.04 Å². The van der Waals surface area contributed by atoms with E-state index in [9.17, 15) is 14.4 Å². The highest BCUT2D eigenvalue weighted by molar-refractivity contribution is 9.10. The van der Waals surface area contributed by atoms with Crippen molar-refractivity contribution in [2.75, 3.05) is 19.7 Å². The van der Waals surface area contributed by atoms with E-state index in [2.05, 4.69) is 21.2 Å². The quantitative estimate of drug-likeness (QED) is 0.284. The van der Waals surface area contributed by atoms with Crippen LogP contribution in [0.15, 0.2) is 53.0 Å². The molecule has 1 saturated heterocycles. The Labute approximate surface area is 207 Å². The Kier molecular flexibility index (Phi) is 9.09. The number of nitrogens with one attached hydrogen (secondary N) is 1. The number of carbonyl (C=O) groups excluding carboxylic acids is 3. The number of amides is 2. The second kappa shape index (κ2) is 12.0. The van der Waals surface area contributed by atoms with Crippen molar-refractivity contribution >= 4 is 51.4 Å². The number of esters is 1. The van der Waals surface area contributed by atoms with Crippen molar-refractivity contribution in [1.29, 1.82) is 0 Å². The van der Waals surface area contributed by atoms with Gasteiger partial charge in [-0.25, -0.2) is 0 Å². The summed E-state index contributed by atoms with van der Waals surface area (Å²) in [6, 6.07) is 13.3. The van der Waals surface area contributed by atoms with Gasteiger partial charge < -0.3 is 15.0 Å². The highest BCUT2D eigenvalue weighted by atomic mass is 79.9. The van der Waals surface area contributed by atoms with Crippen LogP contribution in [0.1, 0.15) is 31.7 Å². The zero-order valence-electron chi connectivity index (χ0n) is 18.4. The van der Waals surface area contributed by atoms with Gasteiger partial charge in [0, 0.05) is 47.6 Å². The van der Waals surface area contributed by atoms with Gasteiger partial charge in [-0.15, -0.1) is 0 Å². The summed E-state index contributed by atoms with van der Waals surface area (Å²) in [4.78, 5) is 37.2. The molecule has 1 atom stereocenters. The van der Waals surface area contributed by atoms with Crippen molar-refractivity contribution in [3.05, 3.63) is 63.6 Å². The maximum absolute atomic E-state index is 12.3. The molecular formula is C25H26BrClN2O4. The Morgan fingerprint density at radius 1 is 1.24 bits per heavy atom. The minimum absolute atomic E-state index is 0.0546. The van der Waals surface area contributed by atoms with Gasteiger partial charge in [-0.2, -0.15) is 0 Å². The molecule has 33 heavy (non-hydrogen) atoms. The Morgan fingerprint density at radius 2 is 2.03 bits per heavy atom. The molecular weight excluding hydrogens is 508 g/mol. The Bertz CT molecular complexity index is 1060. The zero-order chi connectivity index (χ0) is 23.8. The van der Waals surface area contributed by atoms with Crippen LogP contribution in [-0.2, 0) is 19.1 Å². The van der Waals surface area contributed by atoms with Crippen LogP contribution in [-0.4, -0.2) is 48.4 Å². The topological polar surface area (TPSA) is 75.7 Å². The molecule has 0 saturated carbocycles. The van der Waals surface area contributed by atoms with Crippen molar-refractivity contribution in [3.8, 4) is 11.1 Å². The van der Waals surface area contributed by atoms with Crippen LogP contribution in [0.4, 0.5) is 0 Å². The van der Waals surface area contributed by atoms with Crippen LogP contribution in [0.25, 0.3) is 17.2 Å². The first-order valence-corrected chi connectivity index (χ1v) is 12.0. The normalized spacial score (nSPS) is 15.8. The van der Waals surface area contributed by atoms with Crippen molar-refractivity contribution < 1.29 is 19.1 Å². The third kappa shape index (κ3) is 6.92. The summed E-state index contributed by atoms with van der Waals surface area (Å²) in [7, 11) is 0. The fourth-order valence-electron chi connectivity index (χ4n) is 3.80. The fraction of sp³-hybridized carbons (Fsp3) is 0.320. The van der Waals surface area contributed by atoms with Crippen LogP contribution in [0.3, 0.4) is 0 Å². The Balaban J connectivity index is 1.54. The molecule has 2 aromatic rings. The van der Waals surface area contributed by atoms with Crippen LogP contribution >= 0.6 is 27.5 Å². The number of carbonyl (C=O) groups is 3. The van der Waals surface area contributed by atoms with E-state index in [-0.39, 0.29) is 30.4 Å². The lowest BCUT2D eigenvalue weighted by atomic mass is 9.99. The summed E-state index contributed by atoms with van der Waals surface area (Å²) < 4.78 is 5.97. The van der Waals surface area contributed by atoms with Crippen molar-refractivity contribution in [3.63, 3.8) is 0 Å². The molecule has 1 heterocycles. The molecule has 0 aromatic heterocycles. The average Bonchev–Trinajstić information content (AvgIpc) is 3.14. The SMILES string of the molecule is CC(=O)OC[C@@H]1CCC(=O)N1CCCNC(=O)/C=C/c1cccc(Cl)c1-c1ccccc1Br. The number of nitrogens with zero attached hydrogens (tertiary/aromatic N) is 1. The third-order valence-electron chi connectivity index (χ3n) is 5.41. The Morgan fingerprint density at radius 3 is 2.79 bits per heavy atom. The number of hydrogen-bond acceptors (Lipinski definition) is 4. The summed E-state index contributed by atoms with van der Waals surface area (Å²) in [6.07, 6.45) is 4.98. The largest absolute Gasteiger partial charge is 0.464 e. The van der Waals surface area contributed by atoms with Gasteiger partial charge in [0.1, 0.15) is 6.61 Å². The molecule has 6 nitrogen and oxygen atoms in total. The minimum atomic E-state index is -0.351. The van der Waals surface area contributed by atoms with E-state index in [0.717, 1.165) is 21.2 Å². The summed E-state index contributed by atoms with van der Waals surface area (Å²) in [6.45, 7) is 2.51. The molecule has 2 aromatic carbocycles. The number of benzene rings is 2. The van der Waals surface area contributed by atoms with Gasteiger partial charge in [0.2, 0.25) is 11.8 Å². The summed E-state index contributed by atoms with van der Waals surface area (Å²) in [5.74, 6) is -0.521. The van der Waals surface area contributed by atoms with Crippen LogP contribution in [0.2, 0.25) is 5.02 Å². The molecule has 0 bridgehead atoms. The molecule has 3 rings (SSSR count). The van der Waals surface area contributed by atoms with E-state index in [1.54, 1.807) is 11.0 Å². The second-order valence-corrected chi connectivity index (χ2v) is 9.01. The molecule has 8 heteroatoms. The van der Waals surface area contributed by atoms with Crippen molar-refractivity contribution in [1.82, 2.24) is 10.2 Å². The number of halogens is 2. The van der Waals surface area contributed by atoms with E-state index in [1.807, 2.05) is 42.5 Å². The summed E-state index contributed by atoms with van der Waals surface area (Å²) >= 11 is 10.0. The molecule has 1 aliphatic heterocycles. The summed E-state index contributed by atoms with van der Waals surface area (Å²) in [5, 5.41) is 3.45. The minimum Gasteiger partial charge on any atom is -0.464 e. The van der Waals surface area contributed by atoms with Gasteiger partial charge in [-0.1, -0.05) is 57.9 Å². The molecule has 1 N–H and O–H groups in total. The molecule has 2 amide bonds. The monoisotopic (exact) mass is 532 g/mol. The third-order valence-corrected chi connectivity index (χ3v) is 6.42. The zero-order valence-corrected chi connectivity index (χ0v) is 20.7. The number of hydrogen-bond donors (Lipinski definition) is 1. The Hall–Kier alpha value is -2.64. The first-order valence-electron chi connectivity index (χ1n) is 10.8. The van der Waals surface area contributed by atoms with Gasteiger partial charge in [0.25, 0.3) is 0 Å². The van der Waals surface area contributed by atoms with Gasteiger partial charge in [-0.3, -0.25) is 14.4 Å². The second-order valence-electron chi connectivity index (χ2n) is 7.74. The van der Waals surface area contributed by atoms with Crippen molar-refractivity contribution in [2.24, 2.45) is 0 Å². The van der Waals surface area contributed by atoms with E-state index in [4.69, 9.17) is 16.3 Å². The lowest BCUT2D eigenvalue weighted by Crippen LogP contribution is -2.38. The molecule has 1 fully saturated rings. The van der Waals surface area contributed by atoms with E-state index in [1.165, 1.54) is 13.0 Å². The molecule has 0 aliphatic carbocycles.